The second-order valence-corrected chi connectivity index (χ2v) is 7.10. The fourth-order valence-electron chi connectivity index (χ4n) is 2.65. The highest BCUT2D eigenvalue weighted by Gasteiger charge is 2.09. The van der Waals surface area contributed by atoms with Crippen LogP contribution in [0.1, 0.15) is 32.1 Å². The monoisotopic (exact) mass is 340 g/mol. The molecule has 0 spiro atoms. The summed E-state index contributed by atoms with van der Waals surface area (Å²) in [4.78, 5) is 15.3. The van der Waals surface area contributed by atoms with Crippen molar-refractivity contribution >= 4 is 29.3 Å². The fraction of sp³-hybridized carbons (Fsp3) is 0.588. The van der Waals surface area contributed by atoms with E-state index in [1.54, 1.807) is 0 Å². The van der Waals surface area contributed by atoms with Gasteiger partial charge in [-0.1, -0.05) is 36.6 Å². The number of nitrogens with one attached hydrogen (secondary N) is 1. The van der Waals surface area contributed by atoms with Gasteiger partial charge in [-0.3, -0.25) is 4.79 Å². The zero-order chi connectivity index (χ0) is 15.6. The molecule has 122 valence electrons. The Morgan fingerprint density at radius 3 is 2.64 bits per heavy atom. The highest BCUT2D eigenvalue weighted by Crippen LogP contribution is 2.26. The molecule has 5 heteroatoms. The van der Waals surface area contributed by atoms with Crippen LogP contribution in [0.2, 0.25) is 5.02 Å². The van der Waals surface area contributed by atoms with E-state index in [9.17, 15) is 4.79 Å². The molecule has 0 bridgehead atoms. The maximum absolute atomic E-state index is 11.8. The molecule has 0 radical (unpaired) electrons. The summed E-state index contributed by atoms with van der Waals surface area (Å²) in [5.41, 5.74) is 0. The molecule has 22 heavy (non-hydrogen) atoms. The molecule has 1 aliphatic heterocycles. The topological polar surface area (TPSA) is 32.3 Å². The summed E-state index contributed by atoms with van der Waals surface area (Å²) in [5, 5.41) is 3.71. The van der Waals surface area contributed by atoms with Gasteiger partial charge in [0.1, 0.15) is 0 Å². The van der Waals surface area contributed by atoms with Crippen molar-refractivity contribution in [2.24, 2.45) is 0 Å². The Morgan fingerprint density at radius 1 is 1.18 bits per heavy atom. The minimum absolute atomic E-state index is 0.0841. The zero-order valence-corrected chi connectivity index (χ0v) is 14.6. The number of benzene rings is 1. The first-order valence-electron chi connectivity index (χ1n) is 8.12. The van der Waals surface area contributed by atoms with E-state index in [2.05, 4.69) is 10.2 Å². The van der Waals surface area contributed by atoms with Crippen LogP contribution in [0.4, 0.5) is 0 Å². The lowest BCUT2D eigenvalue weighted by atomic mass is 10.2. The number of hydrogen-bond donors (Lipinski definition) is 1. The molecule has 1 saturated heterocycles. The molecule has 0 unspecified atom stereocenters. The van der Waals surface area contributed by atoms with Crippen LogP contribution in [0.3, 0.4) is 0 Å². The highest BCUT2D eigenvalue weighted by atomic mass is 35.5. The summed E-state index contributed by atoms with van der Waals surface area (Å²) >= 11 is 7.57. The van der Waals surface area contributed by atoms with Crippen LogP contribution < -0.4 is 5.32 Å². The first kappa shape index (κ1) is 17.6. The molecular weight excluding hydrogens is 316 g/mol. The maximum atomic E-state index is 11.8. The van der Waals surface area contributed by atoms with Crippen molar-refractivity contribution in [1.29, 1.82) is 0 Å². The Morgan fingerprint density at radius 2 is 1.91 bits per heavy atom. The van der Waals surface area contributed by atoms with Crippen LogP contribution in [0, 0.1) is 0 Å². The predicted octanol–water partition coefficient (Wildman–Crippen LogP) is 3.81. The molecule has 0 aromatic heterocycles. The van der Waals surface area contributed by atoms with Gasteiger partial charge in [-0.15, -0.1) is 11.8 Å². The van der Waals surface area contributed by atoms with Crippen molar-refractivity contribution in [1.82, 2.24) is 10.2 Å². The van der Waals surface area contributed by atoms with E-state index in [1.165, 1.54) is 50.5 Å². The lowest BCUT2D eigenvalue weighted by Gasteiger charge is -2.19. The van der Waals surface area contributed by atoms with Gasteiger partial charge in [0.15, 0.2) is 0 Å². The van der Waals surface area contributed by atoms with E-state index in [1.807, 2.05) is 24.3 Å². The van der Waals surface area contributed by atoms with Crippen molar-refractivity contribution < 1.29 is 4.79 Å². The standard InChI is InChI=1S/C17H25ClN2OS/c18-15-8-3-4-9-16(15)22-14-17(21)19-10-7-13-20-11-5-1-2-6-12-20/h3-4,8-9H,1-2,5-7,10-14H2,(H,19,21). The third-order valence-corrected chi connectivity index (χ3v) is 5.38. The molecule has 1 N–H and O–H groups in total. The fourth-order valence-corrected chi connectivity index (χ4v) is 3.72. The van der Waals surface area contributed by atoms with Crippen molar-refractivity contribution in [2.75, 3.05) is 31.9 Å². The van der Waals surface area contributed by atoms with E-state index in [-0.39, 0.29) is 5.91 Å². The first-order chi connectivity index (χ1) is 10.8. The molecule has 0 atom stereocenters. The SMILES string of the molecule is O=C(CSc1ccccc1Cl)NCCCN1CCCCCC1. The molecule has 1 aromatic rings. The zero-order valence-electron chi connectivity index (χ0n) is 13.0. The number of nitrogens with zero attached hydrogens (tertiary/aromatic N) is 1. The number of halogens is 1. The number of amides is 1. The van der Waals surface area contributed by atoms with E-state index >= 15 is 0 Å². The molecule has 1 amide bonds. The van der Waals surface area contributed by atoms with Gasteiger partial charge in [0.25, 0.3) is 0 Å². The lowest BCUT2D eigenvalue weighted by Crippen LogP contribution is -2.31. The Balaban J connectivity index is 1.57. The number of rotatable bonds is 7. The van der Waals surface area contributed by atoms with Crippen LogP contribution in [-0.4, -0.2) is 42.7 Å². The van der Waals surface area contributed by atoms with Crippen LogP contribution in [0.25, 0.3) is 0 Å². The summed E-state index contributed by atoms with van der Waals surface area (Å²) in [6.07, 6.45) is 6.41. The van der Waals surface area contributed by atoms with Crippen molar-refractivity contribution in [3.8, 4) is 0 Å². The molecule has 0 saturated carbocycles. The molecule has 1 aliphatic rings. The van der Waals surface area contributed by atoms with Gasteiger partial charge >= 0.3 is 0 Å². The van der Waals surface area contributed by atoms with Crippen LogP contribution >= 0.6 is 23.4 Å². The highest BCUT2D eigenvalue weighted by molar-refractivity contribution is 8.00. The molecule has 1 aromatic carbocycles. The normalized spacial score (nSPS) is 16.2. The van der Waals surface area contributed by atoms with E-state index in [0.717, 1.165) is 24.4 Å². The summed E-state index contributed by atoms with van der Waals surface area (Å²) in [5.74, 6) is 0.508. The molecule has 1 heterocycles. The van der Waals surface area contributed by atoms with Gasteiger partial charge < -0.3 is 10.2 Å². The number of carbonyl (C=O) groups is 1. The van der Waals surface area contributed by atoms with Gasteiger partial charge in [0, 0.05) is 11.4 Å². The number of hydrogen-bond acceptors (Lipinski definition) is 3. The summed E-state index contributed by atoms with van der Waals surface area (Å²) in [7, 11) is 0. The van der Waals surface area contributed by atoms with Gasteiger partial charge in [0.2, 0.25) is 5.91 Å². The minimum atomic E-state index is 0.0841. The van der Waals surface area contributed by atoms with Crippen molar-refractivity contribution in [2.45, 2.75) is 37.0 Å². The third kappa shape index (κ3) is 6.59. The number of carbonyl (C=O) groups excluding carboxylic acids is 1. The third-order valence-electron chi connectivity index (χ3n) is 3.87. The van der Waals surface area contributed by atoms with Crippen molar-refractivity contribution in [3.63, 3.8) is 0 Å². The summed E-state index contributed by atoms with van der Waals surface area (Å²) in [6.45, 7) is 4.29. The summed E-state index contributed by atoms with van der Waals surface area (Å²) < 4.78 is 0. The van der Waals surface area contributed by atoms with Crippen LogP contribution in [-0.2, 0) is 4.79 Å². The second-order valence-electron chi connectivity index (χ2n) is 5.68. The summed E-state index contributed by atoms with van der Waals surface area (Å²) in [6, 6.07) is 7.63. The molecule has 3 nitrogen and oxygen atoms in total. The van der Waals surface area contributed by atoms with Crippen LogP contribution in [0.5, 0.6) is 0 Å². The van der Waals surface area contributed by atoms with Gasteiger partial charge in [0.05, 0.1) is 10.8 Å². The van der Waals surface area contributed by atoms with Crippen LogP contribution in [0.15, 0.2) is 29.2 Å². The molecule has 2 rings (SSSR count). The largest absolute Gasteiger partial charge is 0.355 e. The second kappa shape index (κ2) is 10.1. The quantitative estimate of drug-likeness (QED) is 0.605. The van der Waals surface area contributed by atoms with E-state index < -0.39 is 0 Å². The Kier molecular flexibility index (Phi) is 8.13. The van der Waals surface area contributed by atoms with Gasteiger partial charge in [-0.2, -0.15) is 0 Å². The molecule has 1 fully saturated rings. The average molecular weight is 341 g/mol. The first-order valence-corrected chi connectivity index (χ1v) is 9.48. The van der Waals surface area contributed by atoms with E-state index in [4.69, 9.17) is 11.6 Å². The predicted molar refractivity (Wildman–Crippen MR) is 94.7 cm³/mol. The number of thioether (sulfide) groups is 1. The molecule has 0 aliphatic carbocycles. The Labute approximate surface area is 142 Å². The molecular formula is C17H25ClN2OS. The Hall–Kier alpha value is -0.710. The minimum Gasteiger partial charge on any atom is -0.355 e. The number of likely N-dealkylation sites (tertiary alicyclic amines) is 1. The van der Waals surface area contributed by atoms with Gasteiger partial charge in [-0.05, 0) is 51.0 Å². The maximum Gasteiger partial charge on any atom is 0.230 e. The van der Waals surface area contributed by atoms with Gasteiger partial charge in [-0.25, -0.2) is 0 Å². The Bertz CT molecular complexity index is 462. The smallest absolute Gasteiger partial charge is 0.230 e. The van der Waals surface area contributed by atoms with Crippen molar-refractivity contribution in [3.05, 3.63) is 29.3 Å². The average Bonchev–Trinajstić information content (AvgIpc) is 2.79. The lowest BCUT2D eigenvalue weighted by molar-refractivity contribution is -0.118. The van der Waals surface area contributed by atoms with E-state index in [0.29, 0.717) is 10.8 Å².